The van der Waals surface area contributed by atoms with Crippen molar-refractivity contribution in [2.75, 3.05) is 54.8 Å². The molecule has 5 aromatic rings. The van der Waals surface area contributed by atoms with Crippen LogP contribution in [0.25, 0.3) is 0 Å². The molecule has 5 aliphatic rings. The molecule has 364 valence electrons. The minimum atomic E-state index is -0.545. The van der Waals surface area contributed by atoms with Gasteiger partial charge in [0, 0.05) is 30.2 Å². The number of rotatable bonds is 13. The summed E-state index contributed by atoms with van der Waals surface area (Å²) in [4.78, 5) is 67.3. The predicted octanol–water partition coefficient (Wildman–Crippen LogP) is 10.2. The molecule has 0 aromatic heterocycles. The average Bonchev–Trinajstić information content (AvgIpc) is 4.21. The van der Waals surface area contributed by atoms with E-state index in [0.29, 0.717) is 37.3 Å². The molecular formula is C58H66FN7O4. The van der Waals surface area contributed by atoms with Crippen molar-refractivity contribution >= 4 is 40.7 Å². The van der Waals surface area contributed by atoms with E-state index in [0.717, 1.165) is 105 Å². The smallest absolute Gasteiger partial charge is 0.247 e. The van der Waals surface area contributed by atoms with Crippen molar-refractivity contribution in [3.05, 3.63) is 162 Å². The Kier molecular flexibility index (Phi) is 14.7. The fourth-order valence-corrected chi connectivity index (χ4v) is 12.0. The monoisotopic (exact) mass is 944 g/mol. The van der Waals surface area contributed by atoms with Gasteiger partial charge in [-0.25, -0.2) is 4.39 Å². The van der Waals surface area contributed by atoms with Crippen LogP contribution in [0.4, 0.5) is 21.5 Å². The fraction of sp³-hybridized carbons (Fsp3) is 0.414. The van der Waals surface area contributed by atoms with Crippen LogP contribution in [0.15, 0.2) is 133 Å². The third kappa shape index (κ3) is 10.3. The van der Waals surface area contributed by atoms with Crippen LogP contribution in [0.5, 0.6) is 0 Å². The summed E-state index contributed by atoms with van der Waals surface area (Å²) >= 11 is 0. The van der Waals surface area contributed by atoms with Gasteiger partial charge in [-0.1, -0.05) is 97.8 Å². The number of hydrogen-bond acceptors (Lipinski definition) is 7. The lowest BCUT2D eigenvalue weighted by Crippen LogP contribution is -2.49. The summed E-state index contributed by atoms with van der Waals surface area (Å²) in [6.45, 7) is 4.60. The fourth-order valence-electron chi connectivity index (χ4n) is 12.0. The van der Waals surface area contributed by atoms with E-state index in [1.165, 1.54) is 25.0 Å². The molecule has 10 rings (SSSR count). The van der Waals surface area contributed by atoms with Crippen molar-refractivity contribution in [3.8, 4) is 0 Å². The third-order valence-electron chi connectivity index (χ3n) is 15.5. The molecule has 70 heavy (non-hydrogen) atoms. The molecule has 6 unspecified atom stereocenters. The van der Waals surface area contributed by atoms with E-state index in [4.69, 9.17) is 0 Å². The van der Waals surface area contributed by atoms with Crippen molar-refractivity contribution < 1.29 is 23.6 Å². The van der Waals surface area contributed by atoms with E-state index < -0.39 is 24.2 Å². The molecule has 6 atom stereocenters. The number of carbonyl (C=O) groups is 4. The summed E-state index contributed by atoms with van der Waals surface area (Å²) in [7, 11) is 0. The van der Waals surface area contributed by atoms with Gasteiger partial charge in [-0.15, -0.1) is 0 Å². The van der Waals surface area contributed by atoms with Gasteiger partial charge < -0.3 is 25.3 Å². The molecule has 5 aliphatic heterocycles. The highest BCUT2D eigenvalue weighted by molar-refractivity contribution is 5.99. The topological polar surface area (TPSA) is 109 Å². The van der Waals surface area contributed by atoms with Gasteiger partial charge in [0.15, 0.2) is 0 Å². The van der Waals surface area contributed by atoms with Crippen molar-refractivity contribution in [1.82, 2.24) is 19.6 Å². The number of anilines is 3. The lowest BCUT2D eigenvalue weighted by molar-refractivity contribution is -0.142. The second-order valence-electron chi connectivity index (χ2n) is 19.9. The summed E-state index contributed by atoms with van der Waals surface area (Å²) in [5.74, 6) is -0.638. The lowest BCUT2D eigenvalue weighted by Gasteiger charge is -2.37. The zero-order valence-electron chi connectivity index (χ0n) is 40.1. The molecular weight excluding hydrogens is 878 g/mol. The van der Waals surface area contributed by atoms with Crippen molar-refractivity contribution in [3.63, 3.8) is 0 Å². The third-order valence-corrected chi connectivity index (χ3v) is 15.5. The number of nitrogens with zero attached hydrogens (tertiary/aromatic N) is 5. The number of amides is 4. The summed E-state index contributed by atoms with van der Waals surface area (Å²) in [6, 6.07) is 40.7. The Morgan fingerprint density at radius 3 is 1.24 bits per heavy atom. The highest BCUT2D eigenvalue weighted by Gasteiger charge is 2.42. The number of halogens is 1. The number of piperidine rings is 2. The maximum Gasteiger partial charge on any atom is 0.247 e. The molecule has 0 aliphatic carbocycles. The van der Waals surface area contributed by atoms with E-state index in [1.54, 1.807) is 9.80 Å². The van der Waals surface area contributed by atoms with E-state index in [9.17, 15) is 23.6 Å². The largest absolute Gasteiger partial charge is 0.357 e. The molecule has 0 radical (unpaired) electrons. The molecule has 5 aromatic carbocycles. The molecule has 2 N–H and O–H groups in total. The van der Waals surface area contributed by atoms with Gasteiger partial charge in [0.25, 0.3) is 0 Å². The van der Waals surface area contributed by atoms with E-state index in [1.807, 2.05) is 97.1 Å². The van der Waals surface area contributed by atoms with E-state index >= 15 is 0 Å². The Morgan fingerprint density at radius 2 is 0.843 bits per heavy atom. The highest BCUT2D eigenvalue weighted by atomic mass is 19.1. The molecule has 0 spiro atoms. The molecule has 0 bridgehead atoms. The number of likely N-dealkylation sites (tertiary alicyclic amines) is 4. The van der Waals surface area contributed by atoms with Crippen LogP contribution in [0.2, 0.25) is 0 Å². The van der Waals surface area contributed by atoms with Crippen LogP contribution in [0.3, 0.4) is 0 Å². The van der Waals surface area contributed by atoms with Gasteiger partial charge in [0.1, 0.15) is 30.0 Å². The summed E-state index contributed by atoms with van der Waals surface area (Å²) in [5, 5.41) is 6.29. The average molecular weight is 944 g/mol. The van der Waals surface area contributed by atoms with Crippen LogP contribution >= 0.6 is 0 Å². The van der Waals surface area contributed by atoms with Crippen molar-refractivity contribution in [2.45, 2.75) is 113 Å². The summed E-state index contributed by atoms with van der Waals surface area (Å²) in [6.07, 6.45) is 11.1. The Labute approximate surface area is 412 Å². The summed E-state index contributed by atoms with van der Waals surface area (Å²) < 4.78 is 14.3. The molecule has 11 nitrogen and oxygen atoms in total. The highest BCUT2D eigenvalue weighted by Crippen LogP contribution is 2.47. The first-order valence-electron chi connectivity index (χ1n) is 25.9. The van der Waals surface area contributed by atoms with E-state index in [2.05, 4.69) is 49.6 Å². The second-order valence-corrected chi connectivity index (χ2v) is 19.9. The quantitative estimate of drug-likeness (QED) is 0.121. The zero-order valence-corrected chi connectivity index (χ0v) is 40.1. The van der Waals surface area contributed by atoms with Gasteiger partial charge in [-0.05, 0) is 161 Å². The van der Waals surface area contributed by atoms with Crippen LogP contribution in [0, 0.1) is 5.82 Å². The predicted molar refractivity (Wildman–Crippen MR) is 272 cm³/mol. The Balaban J connectivity index is 0.809. The number of benzene rings is 5. The first-order chi connectivity index (χ1) is 34.3. The van der Waals surface area contributed by atoms with Gasteiger partial charge in [0.2, 0.25) is 23.6 Å². The van der Waals surface area contributed by atoms with Crippen LogP contribution in [-0.2, 0) is 19.2 Å². The van der Waals surface area contributed by atoms with Gasteiger partial charge in [-0.3, -0.25) is 29.0 Å². The van der Waals surface area contributed by atoms with Crippen LogP contribution < -0.4 is 15.5 Å². The van der Waals surface area contributed by atoms with Crippen molar-refractivity contribution in [1.29, 1.82) is 0 Å². The minimum absolute atomic E-state index is 0.00146. The standard InChI is InChI=1S/C58H66FN7O4/c59-45-25-31-48(32-26-45)66-49(41-21-27-46(28-22-41)60-55(67)51-19-13-39-64(51)57(69)53(43-15-5-1-6-16-43)62-35-9-3-10-36-62)33-34-50(66)42-23-29-47(30-24-42)61-56(68)52-20-14-40-65(52)58(70)54(44-17-7-2-8-18-44)63-37-11-4-12-38-63/h1-2,5-8,15-18,21-32,49-54H,3-4,9-14,19-20,33-40H2,(H,60,67)(H,61,68). The van der Waals surface area contributed by atoms with Crippen LogP contribution in [0.1, 0.15) is 123 Å². The van der Waals surface area contributed by atoms with E-state index in [-0.39, 0.29) is 41.5 Å². The van der Waals surface area contributed by atoms with Gasteiger partial charge in [0.05, 0.1) is 12.1 Å². The SMILES string of the molecule is O=C(Nc1ccc(C2CCC(c3ccc(NC(=O)C4CCCN4C(=O)C(c4ccccc4)N4CCCCC4)cc3)N2c2ccc(F)cc2)cc1)C1CCCN1C(=O)C(c1ccccc1)N1CCCCC1. The Bertz CT molecular complexity index is 2410. The first kappa shape index (κ1) is 47.3. The number of carbonyl (C=O) groups excluding carboxylic acids is 4. The first-order valence-corrected chi connectivity index (χ1v) is 25.9. The number of hydrogen-bond donors (Lipinski definition) is 2. The maximum absolute atomic E-state index is 14.4. The summed E-state index contributed by atoms with van der Waals surface area (Å²) in [5.41, 5.74) is 6.34. The van der Waals surface area contributed by atoms with Crippen molar-refractivity contribution in [2.24, 2.45) is 0 Å². The molecule has 12 heteroatoms. The molecule has 4 amide bonds. The van der Waals surface area contributed by atoms with Gasteiger partial charge >= 0.3 is 0 Å². The molecule has 5 heterocycles. The Hall–Kier alpha value is -6.37. The molecule has 5 saturated heterocycles. The van der Waals surface area contributed by atoms with Gasteiger partial charge in [-0.2, -0.15) is 0 Å². The minimum Gasteiger partial charge on any atom is -0.357 e. The zero-order chi connectivity index (χ0) is 48.0. The molecule has 0 saturated carbocycles. The van der Waals surface area contributed by atoms with Crippen LogP contribution in [-0.4, -0.2) is 94.6 Å². The Morgan fingerprint density at radius 1 is 0.443 bits per heavy atom. The lowest BCUT2D eigenvalue weighted by atomic mass is 10.00. The maximum atomic E-state index is 14.4. The normalized spacial score (nSPS) is 23.0. The second kappa shape index (κ2) is 21.7. The number of nitrogens with one attached hydrogen (secondary N) is 2. The molecule has 5 fully saturated rings.